The number of carbonyl (C=O) groups is 3. The maximum absolute atomic E-state index is 12.7. The first kappa shape index (κ1) is 56.8. The predicted octanol–water partition coefficient (Wildman–Crippen LogP) is 15.7. The first-order chi connectivity index (χ1) is 30.0. The Morgan fingerprint density at radius 1 is 0.344 bits per heavy atom. The van der Waals surface area contributed by atoms with Gasteiger partial charge in [-0.3, -0.25) is 14.4 Å². The monoisotopic (exact) mass is 843 g/mol. The van der Waals surface area contributed by atoms with E-state index < -0.39 is 12.1 Å². The van der Waals surface area contributed by atoms with Crippen molar-refractivity contribution in [3.63, 3.8) is 0 Å². The van der Waals surface area contributed by atoms with Crippen LogP contribution in [0.3, 0.4) is 0 Å². The van der Waals surface area contributed by atoms with Crippen molar-refractivity contribution in [3.05, 3.63) is 122 Å². The standard InChI is InChI=1S/C55H86O6/c1-4-7-10-13-16-19-22-24-25-26-27-28-29-31-33-36-39-42-45-48-54(57)60-51-52(50-59-53(56)47-44-41-38-35-32-21-18-15-12-9-6-3)61-55(58)49-46-43-40-37-34-30-23-20-17-14-11-8-5-2/h7-8,10-11,15-20,24-25,27-28,30-31,33-34,40,43,52H,4-6,9,12-14,21-23,26,29,32,35-39,41-42,44-51H2,1-3H3/b10-7-,11-8-,18-15-,19-16-,20-17-,25-24-,28-27-,33-31-,34-30-,43-40-. The summed E-state index contributed by atoms with van der Waals surface area (Å²) in [5.41, 5.74) is 0. The molecule has 0 amide bonds. The Balaban J connectivity index is 4.54. The van der Waals surface area contributed by atoms with E-state index in [1.54, 1.807) is 0 Å². The first-order valence-corrected chi connectivity index (χ1v) is 24.0. The van der Waals surface area contributed by atoms with Crippen LogP contribution in [0, 0.1) is 0 Å². The van der Waals surface area contributed by atoms with E-state index in [2.05, 4.69) is 130 Å². The van der Waals surface area contributed by atoms with Crippen LogP contribution in [0.25, 0.3) is 0 Å². The second-order valence-corrected chi connectivity index (χ2v) is 15.2. The van der Waals surface area contributed by atoms with Crippen LogP contribution in [-0.4, -0.2) is 37.2 Å². The summed E-state index contributed by atoms with van der Waals surface area (Å²) in [6.07, 6.45) is 66.2. The van der Waals surface area contributed by atoms with E-state index in [-0.39, 0.29) is 31.6 Å². The van der Waals surface area contributed by atoms with Crippen LogP contribution in [0.4, 0.5) is 0 Å². The fourth-order valence-corrected chi connectivity index (χ4v) is 5.87. The normalized spacial score (nSPS) is 13.2. The minimum absolute atomic E-state index is 0.126. The van der Waals surface area contributed by atoms with E-state index in [9.17, 15) is 14.4 Å². The molecule has 0 aliphatic carbocycles. The Morgan fingerprint density at radius 2 is 0.672 bits per heavy atom. The van der Waals surface area contributed by atoms with Crippen molar-refractivity contribution in [1.82, 2.24) is 0 Å². The van der Waals surface area contributed by atoms with Gasteiger partial charge in [0.1, 0.15) is 13.2 Å². The lowest BCUT2D eigenvalue weighted by Crippen LogP contribution is -2.30. The molecule has 1 atom stereocenters. The average molecular weight is 843 g/mol. The Bertz CT molecular complexity index is 1340. The van der Waals surface area contributed by atoms with Crippen LogP contribution < -0.4 is 0 Å². The Kier molecular flexibility index (Phi) is 45.1. The molecule has 0 N–H and O–H groups in total. The average Bonchev–Trinajstić information content (AvgIpc) is 3.26. The second-order valence-electron chi connectivity index (χ2n) is 15.2. The van der Waals surface area contributed by atoms with Crippen LogP contribution in [0.1, 0.15) is 188 Å². The zero-order chi connectivity index (χ0) is 44.4. The summed E-state index contributed by atoms with van der Waals surface area (Å²) in [5.74, 6) is -1.06. The molecule has 0 aromatic carbocycles. The smallest absolute Gasteiger partial charge is 0.306 e. The molecule has 0 bridgehead atoms. The van der Waals surface area contributed by atoms with Crippen molar-refractivity contribution >= 4 is 17.9 Å². The lowest BCUT2D eigenvalue weighted by molar-refractivity contribution is -0.166. The molecule has 0 heterocycles. The summed E-state index contributed by atoms with van der Waals surface area (Å²) in [6.45, 7) is 6.24. The molecule has 6 heteroatoms. The molecule has 0 saturated carbocycles. The zero-order valence-electron chi connectivity index (χ0n) is 38.9. The Labute approximate surface area is 373 Å². The van der Waals surface area contributed by atoms with Gasteiger partial charge in [-0.1, -0.05) is 181 Å². The second kappa shape index (κ2) is 48.5. The molecule has 0 aromatic heterocycles. The van der Waals surface area contributed by atoms with E-state index in [0.717, 1.165) is 116 Å². The summed E-state index contributed by atoms with van der Waals surface area (Å²) in [5, 5.41) is 0. The highest BCUT2D eigenvalue weighted by atomic mass is 16.6. The predicted molar refractivity (Wildman–Crippen MR) is 260 cm³/mol. The quantitative estimate of drug-likeness (QED) is 0.0264. The third-order valence-electron chi connectivity index (χ3n) is 9.44. The number of hydrogen-bond acceptors (Lipinski definition) is 6. The summed E-state index contributed by atoms with van der Waals surface area (Å²) < 4.78 is 16.6. The van der Waals surface area contributed by atoms with Crippen LogP contribution in [-0.2, 0) is 28.6 Å². The Morgan fingerprint density at radius 3 is 1.10 bits per heavy atom. The van der Waals surface area contributed by atoms with Gasteiger partial charge in [0.15, 0.2) is 6.10 Å². The molecule has 61 heavy (non-hydrogen) atoms. The molecular weight excluding hydrogens is 757 g/mol. The minimum Gasteiger partial charge on any atom is -0.462 e. The number of hydrogen-bond donors (Lipinski definition) is 0. The van der Waals surface area contributed by atoms with Gasteiger partial charge in [-0.15, -0.1) is 0 Å². The minimum atomic E-state index is -0.835. The molecule has 0 aliphatic heterocycles. The van der Waals surface area contributed by atoms with E-state index in [4.69, 9.17) is 14.2 Å². The number of ether oxygens (including phenoxy) is 3. The molecule has 342 valence electrons. The summed E-state index contributed by atoms with van der Waals surface area (Å²) in [6, 6.07) is 0. The van der Waals surface area contributed by atoms with Gasteiger partial charge < -0.3 is 14.2 Å². The highest BCUT2D eigenvalue weighted by Crippen LogP contribution is 2.11. The molecular formula is C55H86O6. The summed E-state index contributed by atoms with van der Waals surface area (Å²) in [7, 11) is 0. The molecule has 0 aliphatic rings. The van der Waals surface area contributed by atoms with E-state index in [1.807, 2.05) is 12.2 Å². The lowest BCUT2D eigenvalue weighted by Gasteiger charge is -2.18. The van der Waals surface area contributed by atoms with Crippen molar-refractivity contribution in [1.29, 1.82) is 0 Å². The molecule has 0 radical (unpaired) electrons. The maximum atomic E-state index is 12.7. The number of esters is 3. The van der Waals surface area contributed by atoms with Gasteiger partial charge in [0.05, 0.1) is 0 Å². The van der Waals surface area contributed by atoms with Gasteiger partial charge in [-0.2, -0.15) is 0 Å². The van der Waals surface area contributed by atoms with Gasteiger partial charge in [0, 0.05) is 19.3 Å². The van der Waals surface area contributed by atoms with Crippen LogP contribution in [0.2, 0.25) is 0 Å². The third kappa shape index (κ3) is 46.7. The lowest BCUT2D eigenvalue weighted by atomic mass is 10.1. The van der Waals surface area contributed by atoms with Crippen LogP contribution in [0.15, 0.2) is 122 Å². The molecule has 0 saturated heterocycles. The summed E-state index contributed by atoms with van der Waals surface area (Å²) >= 11 is 0. The van der Waals surface area contributed by atoms with Gasteiger partial charge in [0.25, 0.3) is 0 Å². The fourth-order valence-electron chi connectivity index (χ4n) is 5.87. The van der Waals surface area contributed by atoms with Crippen molar-refractivity contribution in [2.24, 2.45) is 0 Å². The van der Waals surface area contributed by atoms with Crippen molar-refractivity contribution in [3.8, 4) is 0 Å². The van der Waals surface area contributed by atoms with Gasteiger partial charge in [-0.05, 0) is 109 Å². The molecule has 0 fully saturated rings. The van der Waals surface area contributed by atoms with Gasteiger partial charge >= 0.3 is 17.9 Å². The van der Waals surface area contributed by atoms with Crippen molar-refractivity contribution in [2.75, 3.05) is 13.2 Å². The maximum Gasteiger partial charge on any atom is 0.306 e. The fraction of sp³-hybridized carbons (Fsp3) is 0.582. The highest BCUT2D eigenvalue weighted by molar-refractivity contribution is 5.71. The van der Waals surface area contributed by atoms with Gasteiger partial charge in [0.2, 0.25) is 0 Å². The molecule has 6 nitrogen and oxygen atoms in total. The van der Waals surface area contributed by atoms with Gasteiger partial charge in [-0.25, -0.2) is 0 Å². The number of unbranched alkanes of at least 4 members (excludes halogenated alkanes) is 10. The molecule has 1 unspecified atom stereocenters. The van der Waals surface area contributed by atoms with E-state index >= 15 is 0 Å². The third-order valence-corrected chi connectivity index (χ3v) is 9.44. The van der Waals surface area contributed by atoms with E-state index in [0.29, 0.717) is 19.3 Å². The largest absolute Gasteiger partial charge is 0.462 e. The SMILES string of the molecule is CC/C=C\C/C=C\C/C=C\C/C=C\C/C=C\CCCCCC(=O)OCC(COC(=O)CCCCCCC/C=C\CCCC)OC(=O)CC/C=C\C/C=C\C/C=C\C/C=C\CC. The van der Waals surface area contributed by atoms with Crippen molar-refractivity contribution < 1.29 is 28.6 Å². The number of rotatable bonds is 41. The topological polar surface area (TPSA) is 78.9 Å². The zero-order valence-corrected chi connectivity index (χ0v) is 38.9. The van der Waals surface area contributed by atoms with Crippen LogP contribution >= 0.6 is 0 Å². The highest BCUT2D eigenvalue weighted by Gasteiger charge is 2.19. The first-order valence-electron chi connectivity index (χ1n) is 24.0. The van der Waals surface area contributed by atoms with E-state index in [1.165, 1.54) is 25.7 Å². The van der Waals surface area contributed by atoms with Crippen LogP contribution in [0.5, 0.6) is 0 Å². The molecule has 0 rings (SSSR count). The van der Waals surface area contributed by atoms with Crippen molar-refractivity contribution in [2.45, 2.75) is 194 Å². The Hall–Kier alpha value is -4.19. The molecule has 0 spiro atoms. The summed E-state index contributed by atoms with van der Waals surface area (Å²) in [4.78, 5) is 37.8. The molecule has 0 aromatic rings. The number of allylic oxidation sites excluding steroid dienone is 20. The number of carbonyl (C=O) groups excluding carboxylic acids is 3.